The lowest BCUT2D eigenvalue weighted by atomic mass is 9.99. The number of carbonyl (C=O) groups is 2. The highest BCUT2D eigenvalue weighted by Crippen LogP contribution is 2.34. The summed E-state index contributed by atoms with van der Waals surface area (Å²) in [4.78, 5) is 30.8. The number of carbonyl (C=O) groups excluding carboxylic acids is 2. The minimum Gasteiger partial charge on any atom is -0.358 e. The Morgan fingerprint density at radius 1 is 1.04 bits per heavy atom. The summed E-state index contributed by atoms with van der Waals surface area (Å²) >= 11 is 0. The molecule has 48 heavy (non-hydrogen) atoms. The molecule has 3 aromatic heterocycles. The zero-order valence-corrected chi connectivity index (χ0v) is 31.1. The number of halogens is 1. The van der Waals surface area contributed by atoms with E-state index >= 15 is 4.39 Å². The molecule has 15 heteroatoms. The number of ether oxygens (including phenoxy) is 1. The van der Waals surface area contributed by atoms with Crippen LogP contribution in [0, 0.1) is 18.8 Å². The Kier molecular flexibility index (Phi) is 14.2. The lowest BCUT2D eigenvalue weighted by Gasteiger charge is -2.24. The minimum atomic E-state index is -3.28. The molecule has 0 aliphatic heterocycles. The van der Waals surface area contributed by atoms with Crippen LogP contribution in [-0.2, 0) is 39.1 Å². The number of sulfone groups is 1. The van der Waals surface area contributed by atoms with Crippen LogP contribution in [-0.4, -0.2) is 94.0 Å². The van der Waals surface area contributed by atoms with Gasteiger partial charge in [-0.15, -0.1) is 0 Å². The fourth-order valence-corrected chi connectivity index (χ4v) is 6.26. The van der Waals surface area contributed by atoms with Gasteiger partial charge in [0.25, 0.3) is 5.91 Å². The van der Waals surface area contributed by atoms with Crippen molar-refractivity contribution < 1.29 is 27.1 Å². The minimum absolute atomic E-state index is 0.00179. The summed E-state index contributed by atoms with van der Waals surface area (Å²) in [5.41, 5.74) is 2.53. The molecule has 0 saturated heterocycles. The molecule has 0 spiro atoms. The third-order valence-electron chi connectivity index (χ3n) is 8.12. The van der Waals surface area contributed by atoms with E-state index in [0.29, 0.717) is 43.0 Å². The monoisotopic (exact) mass is 709 g/mol. The Bertz CT molecular complexity index is 1650. The molecule has 12 nitrogen and oxygen atoms in total. The van der Waals surface area contributed by atoms with E-state index < -0.39 is 43.7 Å². The van der Waals surface area contributed by atoms with Crippen molar-refractivity contribution >= 4 is 37.5 Å². The Morgan fingerprint density at radius 3 is 2.40 bits per heavy atom. The van der Waals surface area contributed by atoms with Gasteiger partial charge in [-0.1, -0.05) is 40.0 Å². The van der Waals surface area contributed by atoms with Crippen molar-refractivity contribution in [3.63, 3.8) is 0 Å². The summed E-state index contributed by atoms with van der Waals surface area (Å²) in [5, 5.41) is 14.1. The number of amides is 2. The lowest BCUT2D eigenvalue weighted by molar-refractivity contribution is -0.118. The predicted octanol–water partition coefficient (Wildman–Crippen LogP) is 4.82. The maximum absolute atomic E-state index is 15.6. The highest BCUT2D eigenvalue weighted by molar-refractivity contribution is 8.32. The van der Waals surface area contributed by atoms with Crippen molar-refractivity contribution in [2.75, 3.05) is 48.5 Å². The molecule has 268 valence electrons. The van der Waals surface area contributed by atoms with E-state index in [0.717, 1.165) is 30.5 Å². The number of nitrogens with one attached hydrogen (secondary N) is 2. The van der Waals surface area contributed by atoms with E-state index in [9.17, 15) is 18.0 Å². The van der Waals surface area contributed by atoms with Gasteiger partial charge in [-0.3, -0.25) is 14.3 Å². The highest BCUT2D eigenvalue weighted by atomic mass is 32.3. The van der Waals surface area contributed by atoms with E-state index in [-0.39, 0.29) is 36.1 Å². The normalized spacial score (nSPS) is 13.7. The van der Waals surface area contributed by atoms with Crippen molar-refractivity contribution in [1.82, 2.24) is 29.9 Å². The van der Waals surface area contributed by atoms with Crippen LogP contribution in [0.1, 0.15) is 68.3 Å². The average molecular weight is 710 g/mol. The molecule has 2 atom stereocenters. The second-order valence-corrected chi connectivity index (χ2v) is 20.0. The van der Waals surface area contributed by atoms with Gasteiger partial charge in [0.05, 0.1) is 24.6 Å². The largest absolute Gasteiger partial charge is 0.358 e. The maximum Gasteiger partial charge on any atom is 0.270 e. The summed E-state index contributed by atoms with van der Waals surface area (Å²) in [5.74, 6) is -0.615. The van der Waals surface area contributed by atoms with Gasteiger partial charge in [-0.2, -0.15) is 14.6 Å². The van der Waals surface area contributed by atoms with Crippen molar-refractivity contribution in [2.24, 2.45) is 5.92 Å². The maximum atomic E-state index is 15.6. The van der Waals surface area contributed by atoms with Crippen molar-refractivity contribution in [3.05, 3.63) is 47.4 Å². The number of aryl methyl sites for hydroxylation is 2. The standard InChI is InChI=1S/C33H52FN7O5S2/c1-9-23(3)12-11-13-26(36-33(43)28-16-17-35-40(28)18-20-48(8,44)45)32(42)38-29-15-14-25(31(34)37-29)30-24(4)39-41(27(30)10-2)22-46-19-21-47(5,6)7/h14-17,23,26H,9-13,18-22H2,1-8H3,(H,36,43)(H,37,38,42)/t23-,26+/m1/s1. The van der Waals surface area contributed by atoms with Crippen molar-refractivity contribution in [1.29, 1.82) is 0 Å². The van der Waals surface area contributed by atoms with E-state index in [1.165, 1.54) is 23.0 Å². The van der Waals surface area contributed by atoms with Crippen LogP contribution in [0.3, 0.4) is 0 Å². The quantitative estimate of drug-likeness (QED) is 0.133. The van der Waals surface area contributed by atoms with E-state index in [2.05, 4.69) is 58.4 Å². The number of aromatic nitrogens is 5. The molecule has 3 heterocycles. The summed E-state index contributed by atoms with van der Waals surface area (Å²) in [6.07, 6.45) is 12.7. The Hall–Kier alpha value is -3.30. The van der Waals surface area contributed by atoms with E-state index in [1.54, 1.807) is 10.7 Å². The van der Waals surface area contributed by atoms with Gasteiger partial charge >= 0.3 is 0 Å². The van der Waals surface area contributed by atoms with Crippen LogP contribution in [0.25, 0.3) is 11.1 Å². The molecular formula is C33H52FN7O5S2. The molecule has 0 saturated carbocycles. The van der Waals surface area contributed by atoms with Gasteiger partial charge in [0, 0.05) is 35.0 Å². The van der Waals surface area contributed by atoms with Gasteiger partial charge in [0.1, 0.15) is 34.1 Å². The van der Waals surface area contributed by atoms with Gasteiger partial charge in [0.2, 0.25) is 11.9 Å². The lowest BCUT2D eigenvalue weighted by Crippen LogP contribution is -2.44. The average Bonchev–Trinajstić information content (AvgIpc) is 3.60. The molecule has 0 unspecified atom stereocenters. The Morgan fingerprint density at radius 2 is 1.77 bits per heavy atom. The molecular weight excluding hydrogens is 658 g/mol. The molecule has 3 rings (SSSR count). The summed E-state index contributed by atoms with van der Waals surface area (Å²) in [6.45, 7) is 8.90. The first-order valence-electron chi connectivity index (χ1n) is 16.3. The Labute approximate surface area is 285 Å². The van der Waals surface area contributed by atoms with Gasteiger partial charge in [-0.05, 0) is 62.6 Å². The molecule has 0 radical (unpaired) electrons. The van der Waals surface area contributed by atoms with Crippen molar-refractivity contribution in [3.8, 4) is 11.1 Å². The molecule has 0 aliphatic rings. The first-order valence-corrected chi connectivity index (χ1v) is 21.4. The second kappa shape index (κ2) is 17.4. The predicted molar refractivity (Wildman–Crippen MR) is 191 cm³/mol. The third-order valence-corrected chi connectivity index (χ3v) is 10.4. The van der Waals surface area contributed by atoms with Gasteiger partial charge in [0.15, 0.2) is 0 Å². The van der Waals surface area contributed by atoms with E-state index in [1.807, 2.05) is 13.8 Å². The van der Waals surface area contributed by atoms with Crippen LogP contribution in [0.2, 0.25) is 0 Å². The van der Waals surface area contributed by atoms with Gasteiger partial charge < -0.3 is 15.4 Å². The number of rotatable bonds is 19. The smallest absolute Gasteiger partial charge is 0.270 e. The number of hydrogen-bond acceptors (Lipinski definition) is 8. The zero-order chi connectivity index (χ0) is 35.6. The van der Waals surface area contributed by atoms with Crippen molar-refractivity contribution in [2.45, 2.75) is 79.1 Å². The molecule has 0 aromatic carbocycles. The topological polar surface area (TPSA) is 150 Å². The van der Waals surface area contributed by atoms with Crippen LogP contribution >= 0.6 is 10.0 Å². The molecule has 0 aliphatic carbocycles. The summed E-state index contributed by atoms with van der Waals surface area (Å²) < 4.78 is 47.9. The molecule has 2 N–H and O–H groups in total. The number of hydrogen-bond donors (Lipinski definition) is 2. The molecule has 0 bridgehead atoms. The first-order chi connectivity index (χ1) is 22.5. The van der Waals surface area contributed by atoms with Crippen LogP contribution in [0.4, 0.5) is 10.2 Å². The number of anilines is 1. The van der Waals surface area contributed by atoms with Crippen LogP contribution in [0.5, 0.6) is 0 Å². The zero-order valence-electron chi connectivity index (χ0n) is 29.5. The second-order valence-electron chi connectivity index (χ2n) is 13.2. The van der Waals surface area contributed by atoms with Crippen LogP contribution < -0.4 is 10.6 Å². The third kappa shape index (κ3) is 11.7. The summed E-state index contributed by atoms with van der Waals surface area (Å²) in [7, 11) is -3.96. The van der Waals surface area contributed by atoms with E-state index in [4.69, 9.17) is 4.74 Å². The molecule has 3 aromatic rings. The number of nitrogens with zero attached hydrogens (tertiary/aromatic N) is 5. The van der Waals surface area contributed by atoms with Gasteiger partial charge in [-0.25, -0.2) is 28.1 Å². The SMILES string of the molecule is CCc1c(-c2ccc(NC(=O)[C@H](CCC[C@H](C)CC)NC(=O)c3ccnn3CCS(C)(=O)=O)nc2F)c(C)nn1COCCS(C)(C)C. The highest BCUT2D eigenvalue weighted by Gasteiger charge is 2.25. The fraction of sp³-hybridized carbons (Fsp3) is 0.606. The molecule has 0 fully saturated rings. The fourth-order valence-electron chi connectivity index (χ4n) is 5.14. The van der Waals surface area contributed by atoms with Crippen LogP contribution in [0.15, 0.2) is 24.4 Å². The molecule has 2 amide bonds. The number of pyridine rings is 1. The Balaban J connectivity index is 1.78. The first kappa shape index (κ1) is 39.1. The summed E-state index contributed by atoms with van der Waals surface area (Å²) in [6, 6.07) is 3.63.